The smallest absolute Gasteiger partial charge is 0.327 e. The maximum atomic E-state index is 11.9. The van der Waals surface area contributed by atoms with Crippen LogP contribution in [-0.2, 0) is 27.8 Å². The highest BCUT2D eigenvalue weighted by atomic mass is 31.2. The van der Waals surface area contributed by atoms with Crippen molar-refractivity contribution >= 4 is 15.4 Å². The van der Waals surface area contributed by atoms with Gasteiger partial charge in [0.1, 0.15) is 26.2 Å². The standard InChI is InChI=1S/C9H20BO6P/c1-12-5-6-7(16-17(4,11)14-3)8(13-2)9(10)15-6/h6-9H,5,10H2,1-4H3/t6-,7+,8?,9-,17?/m1/s1. The Hall–Kier alpha value is 0.0949. The predicted octanol–water partition coefficient (Wildman–Crippen LogP) is -0.140. The van der Waals surface area contributed by atoms with Crippen LogP contribution in [0.15, 0.2) is 0 Å². The van der Waals surface area contributed by atoms with Crippen molar-refractivity contribution in [3.8, 4) is 0 Å². The summed E-state index contributed by atoms with van der Waals surface area (Å²) >= 11 is 0. The van der Waals surface area contributed by atoms with Gasteiger partial charge in [-0.25, -0.2) is 0 Å². The lowest BCUT2D eigenvalue weighted by Crippen LogP contribution is -2.37. The van der Waals surface area contributed by atoms with Gasteiger partial charge in [0.15, 0.2) is 0 Å². The Bertz CT molecular complexity index is 289. The maximum absolute atomic E-state index is 11.9. The molecule has 5 atom stereocenters. The van der Waals surface area contributed by atoms with E-state index in [4.69, 9.17) is 23.3 Å². The molecule has 100 valence electrons. The number of hydrogen-bond donors (Lipinski definition) is 0. The minimum absolute atomic E-state index is 0.137. The van der Waals surface area contributed by atoms with Crippen molar-refractivity contribution in [1.29, 1.82) is 0 Å². The fraction of sp³-hybridized carbons (Fsp3) is 1.00. The zero-order chi connectivity index (χ0) is 13.1. The van der Waals surface area contributed by atoms with E-state index in [1.54, 1.807) is 14.2 Å². The predicted molar refractivity (Wildman–Crippen MR) is 65.3 cm³/mol. The second-order valence-electron chi connectivity index (χ2n) is 4.06. The van der Waals surface area contributed by atoms with Gasteiger partial charge in [0, 0.05) is 28.0 Å². The third-order valence-electron chi connectivity index (χ3n) is 2.79. The zero-order valence-electron chi connectivity index (χ0n) is 10.9. The second-order valence-corrected chi connectivity index (χ2v) is 6.18. The molecule has 0 saturated carbocycles. The van der Waals surface area contributed by atoms with Crippen molar-refractivity contribution in [3.05, 3.63) is 0 Å². The van der Waals surface area contributed by atoms with Crippen LogP contribution in [-0.4, -0.2) is 66.8 Å². The summed E-state index contributed by atoms with van der Waals surface area (Å²) in [6, 6.07) is -0.137. The zero-order valence-corrected chi connectivity index (χ0v) is 11.8. The van der Waals surface area contributed by atoms with E-state index in [2.05, 4.69) is 0 Å². The first-order valence-electron chi connectivity index (χ1n) is 5.44. The van der Waals surface area contributed by atoms with Crippen molar-refractivity contribution in [2.75, 3.05) is 34.6 Å². The van der Waals surface area contributed by atoms with E-state index in [1.807, 2.05) is 7.85 Å². The molecular weight excluding hydrogens is 246 g/mol. The molecule has 0 amide bonds. The quantitative estimate of drug-likeness (QED) is 0.492. The highest BCUT2D eigenvalue weighted by Gasteiger charge is 2.45. The summed E-state index contributed by atoms with van der Waals surface area (Å²) in [5, 5.41) is 0. The minimum atomic E-state index is -3.08. The average molecular weight is 266 g/mol. The summed E-state index contributed by atoms with van der Waals surface area (Å²) in [6.45, 7) is 1.78. The van der Waals surface area contributed by atoms with Crippen molar-refractivity contribution in [2.24, 2.45) is 0 Å². The molecule has 6 nitrogen and oxygen atoms in total. The Labute approximate surface area is 103 Å². The molecule has 0 spiro atoms. The third-order valence-corrected chi connectivity index (χ3v) is 4.08. The van der Waals surface area contributed by atoms with Crippen LogP contribution in [0.5, 0.6) is 0 Å². The summed E-state index contributed by atoms with van der Waals surface area (Å²) in [6.07, 6.45) is -1.03. The molecule has 1 saturated heterocycles. The number of hydrogen-bond acceptors (Lipinski definition) is 6. The molecule has 0 aromatic rings. The minimum Gasteiger partial charge on any atom is -0.382 e. The van der Waals surface area contributed by atoms with Crippen molar-refractivity contribution in [1.82, 2.24) is 0 Å². The lowest BCUT2D eigenvalue weighted by Gasteiger charge is -2.25. The molecule has 0 aromatic heterocycles. The summed E-state index contributed by atoms with van der Waals surface area (Å²) < 4.78 is 38.2. The van der Waals surface area contributed by atoms with Gasteiger partial charge in [-0.3, -0.25) is 9.09 Å². The van der Waals surface area contributed by atoms with Crippen molar-refractivity contribution < 1.29 is 27.8 Å². The van der Waals surface area contributed by atoms with E-state index in [9.17, 15) is 4.57 Å². The lowest BCUT2D eigenvalue weighted by molar-refractivity contribution is -0.0177. The molecule has 1 aliphatic heterocycles. The molecule has 1 fully saturated rings. The summed E-state index contributed by atoms with van der Waals surface area (Å²) in [5.74, 6) is 0. The molecule has 0 aromatic carbocycles. The fourth-order valence-corrected chi connectivity index (χ4v) is 2.71. The van der Waals surface area contributed by atoms with Gasteiger partial charge in [-0.05, 0) is 0 Å². The molecule has 0 aliphatic carbocycles. The molecular formula is C9H20BO6P. The van der Waals surface area contributed by atoms with Gasteiger partial charge in [-0.1, -0.05) is 0 Å². The second kappa shape index (κ2) is 6.32. The maximum Gasteiger partial charge on any atom is 0.327 e. The first-order chi connectivity index (χ1) is 7.95. The highest BCUT2D eigenvalue weighted by Crippen LogP contribution is 2.47. The number of methoxy groups -OCH3 is 2. The Morgan fingerprint density at radius 2 is 1.94 bits per heavy atom. The number of rotatable bonds is 6. The Balaban J connectivity index is 2.77. The summed E-state index contributed by atoms with van der Waals surface area (Å²) in [4.78, 5) is 0. The summed E-state index contributed by atoms with van der Waals surface area (Å²) in [7, 11) is 3.31. The SMILES string of the molecule is B[C@@H]1O[C@H](COC)[C@H](OP(C)(=O)OC)C1OC. The van der Waals surface area contributed by atoms with Crippen LogP contribution < -0.4 is 0 Å². The third kappa shape index (κ3) is 3.78. The van der Waals surface area contributed by atoms with E-state index in [0.717, 1.165) is 0 Å². The van der Waals surface area contributed by atoms with Crippen LogP contribution in [0.4, 0.5) is 0 Å². The highest BCUT2D eigenvalue weighted by molar-refractivity contribution is 7.52. The molecule has 1 rings (SSSR count). The topological polar surface area (TPSA) is 63.2 Å². The Morgan fingerprint density at radius 3 is 2.41 bits per heavy atom. The number of ether oxygens (including phenoxy) is 3. The van der Waals surface area contributed by atoms with E-state index in [-0.39, 0.29) is 18.2 Å². The van der Waals surface area contributed by atoms with E-state index in [1.165, 1.54) is 13.8 Å². The molecule has 0 bridgehead atoms. The van der Waals surface area contributed by atoms with Crippen LogP contribution in [0.2, 0.25) is 0 Å². The van der Waals surface area contributed by atoms with Crippen LogP contribution >= 0.6 is 7.60 Å². The summed E-state index contributed by atoms with van der Waals surface area (Å²) in [5.41, 5.74) is 0. The van der Waals surface area contributed by atoms with Gasteiger partial charge >= 0.3 is 7.60 Å². The monoisotopic (exact) mass is 266 g/mol. The fourth-order valence-electron chi connectivity index (χ4n) is 1.93. The molecule has 1 heterocycles. The van der Waals surface area contributed by atoms with Gasteiger partial charge in [-0.2, -0.15) is 0 Å². The first-order valence-corrected chi connectivity index (χ1v) is 7.43. The van der Waals surface area contributed by atoms with Gasteiger partial charge in [0.25, 0.3) is 0 Å². The van der Waals surface area contributed by atoms with Crippen LogP contribution in [0.25, 0.3) is 0 Å². The molecule has 2 unspecified atom stereocenters. The van der Waals surface area contributed by atoms with Gasteiger partial charge < -0.3 is 18.7 Å². The van der Waals surface area contributed by atoms with Crippen LogP contribution in [0.3, 0.4) is 0 Å². The van der Waals surface area contributed by atoms with Crippen LogP contribution in [0, 0.1) is 0 Å². The normalized spacial score (nSPS) is 36.9. The van der Waals surface area contributed by atoms with E-state index < -0.39 is 13.7 Å². The van der Waals surface area contributed by atoms with Crippen molar-refractivity contribution in [3.63, 3.8) is 0 Å². The molecule has 0 N–H and O–H groups in total. The molecule has 0 radical (unpaired) electrons. The average Bonchev–Trinajstić information content (AvgIpc) is 2.55. The van der Waals surface area contributed by atoms with Gasteiger partial charge in [-0.15, -0.1) is 0 Å². The Morgan fingerprint density at radius 1 is 1.29 bits per heavy atom. The van der Waals surface area contributed by atoms with Crippen molar-refractivity contribution in [2.45, 2.75) is 24.3 Å². The lowest BCUT2D eigenvalue weighted by atomic mass is 9.93. The Kier molecular flexibility index (Phi) is 5.63. The van der Waals surface area contributed by atoms with Gasteiger partial charge in [0.05, 0.1) is 12.6 Å². The molecule has 8 heteroatoms. The van der Waals surface area contributed by atoms with E-state index >= 15 is 0 Å². The molecule has 17 heavy (non-hydrogen) atoms. The van der Waals surface area contributed by atoms with Gasteiger partial charge in [0.2, 0.25) is 0 Å². The van der Waals surface area contributed by atoms with Crippen LogP contribution in [0.1, 0.15) is 0 Å². The first kappa shape index (κ1) is 15.2. The van der Waals surface area contributed by atoms with E-state index in [0.29, 0.717) is 6.61 Å². The molecule has 1 aliphatic rings. The largest absolute Gasteiger partial charge is 0.382 e.